The molecule has 69 valence electrons. The van der Waals surface area contributed by atoms with Crippen molar-refractivity contribution in [2.75, 3.05) is 0 Å². The summed E-state index contributed by atoms with van der Waals surface area (Å²) in [5, 5.41) is 20.1. The third-order valence-electron chi connectivity index (χ3n) is 1.90. The molecule has 0 aliphatic heterocycles. The number of hydrogen-bond donors (Lipinski definition) is 0. The third-order valence-corrected chi connectivity index (χ3v) is 2.67. The van der Waals surface area contributed by atoms with Crippen LogP contribution in [0.2, 0.25) is 0 Å². The second kappa shape index (κ2) is 3.91. The summed E-state index contributed by atoms with van der Waals surface area (Å²) in [5.74, 6) is 0. The Labute approximate surface area is 90.9 Å². The van der Waals surface area contributed by atoms with Crippen molar-refractivity contribution in [3.8, 4) is 22.7 Å². The average Bonchev–Trinajstić information content (AvgIpc) is 2.81. The van der Waals surface area contributed by atoms with Crippen LogP contribution in [0.3, 0.4) is 0 Å². The van der Waals surface area contributed by atoms with Gasteiger partial charge in [-0.2, -0.15) is 10.5 Å². The summed E-state index contributed by atoms with van der Waals surface area (Å²) in [7, 11) is 0. The monoisotopic (exact) mass is 210 g/mol. The summed E-state index contributed by atoms with van der Waals surface area (Å²) in [6.07, 6.45) is 2.71. The predicted octanol–water partition coefficient (Wildman–Crippen LogP) is 2.35. The molecule has 0 saturated carbocycles. The molecule has 2 aromatic rings. The highest BCUT2D eigenvalue weighted by Gasteiger charge is 2.05. The highest BCUT2D eigenvalue weighted by molar-refractivity contribution is 7.13. The molecule has 3 nitrogen and oxygen atoms in total. The van der Waals surface area contributed by atoms with Gasteiger partial charge in [-0.3, -0.25) is 0 Å². The smallest absolute Gasteiger partial charge is 0.124 e. The van der Waals surface area contributed by atoms with E-state index in [1.165, 1.54) is 11.3 Å². The highest BCUT2D eigenvalue weighted by Crippen LogP contribution is 2.23. The maximum atomic E-state index is 8.85. The largest absolute Gasteiger partial charge is 0.234 e. The molecule has 15 heavy (non-hydrogen) atoms. The molecule has 0 unspecified atom stereocenters. The second-order valence-electron chi connectivity index (χ2n) is 2.77. The molecule has 4 heteroatoms. The first-order chi connectivity index (χ1) is 7.35. The van der Waals surface area contributed by atoms with Crippen molar-refractivity contribution in [1.29, 1.82) is 10.5 Å². The Bertz CT molecular complexity index is 559. The molecule has 0 aliphatic rings. The van der Waals surface area contributed by atoms with Crippen molar-refractivity contribution in [3.05, 3.63) is 40.9 Å². The average molecular weight is 210 g/mol. The molecule has 0 atom stereocenters. The lowest BCUT2D eigenvalue weighted by Gasteiger charge is -1.98. The van der Waals surface area contributed by atoms with Gasteiger partial charge in [-0.15, -0.1) is 11.3 Å². The number of hydrogen-bond acceptors (Lipinski definition) is 4. The zero-order valence-corrected chi connectivity index (χ0v) is 8.38. The summed E-state index contributed by atoms with van der Waals surface area (Å²) in [6.45, 7) is 0. The molecule has 0 aliphatic carbocycles. The quantitative estimate of drug-likeness (QED) is 0.725. The van der Waals surface area contributed by atoms with E-state index in [2.05, 4.69) is 11.2 Å². The van der Waals surface area contributed by atoms with Crippen LogP contribution in [0.25, 0.3) is 10.6 Å². The Balaban J connectivity index is 2.56. The van der Waals surface area contributed by atoms with Crippen molar-refractivity contribution in [2.24, 2.45) is 0 Å². The number of nitriles is 2. The third kappa shape index (κ3) is 1.71. The molecule has 1 heterocycles. The molecule has 0 saturated heterocycles. The van der Waals surface area contributed by atoms with E-state index < -0.39 is 0 Å². The van der Waals surface area contributed by atoms with Crippen molar-refractivity contribution >= 4 is 11.3 Å². The van der Waals surface area contributed by atoms with Crippen LogP contribution < -0.4 is 0 Å². The number of nitrogens with zero attached hydrogens (tertiary/aromatic N) is 3. The Hall–Kier alpha value is -2.17. The molecule has 1 aromatic heterocycles. The molecular formula is C11H4N3S. The Morgan fingerprint density at radius 2 is 2.00 bits per heavy atom. The van der Waals surface area contributed by atoms with Crippen LogP contribution in [0.1, 0.15) is 11.1 Å². The van der Waals surface area contributed by atoms with Crippen LogP contribution in [0, 0.1) is 28.9 Å². The van der Waals surface area contributed by atoms with E-state index in [1.807, 2.05) is 12.1 Å². The van der Waals surface area contributed by atoms with Gasteiger partial charge in [0.25, 0.3) is 0 Å². The lowest BCUT2D eigenvalue weighted by atomic mass is 10.1. The topological polar surface area (TPSA) is 60.5 Å². The zero-order chi connectivity index (χ0) is 10.7. The Kier molecular flexibility index (Phi) is 2.45. The van der Waals surface area contributed by atoms with Gasteiger partial charge in [-0.25, -0.2) is 4.98 Å². The van der Waals surface area contributed by atoms with Gasteiger partial charge in [0.1, 0.15) is 23.3 Å². The fourth-order valence-corrected chi connectivity index (χ4v) is 1.78. The molecule has 1 aromatic carbocycles. The molecule has 0 fully saturated rings. The van der Waals surface area contributed by atoms with E-state index in [0.717, 1.165) is 10.6 Å². The van der Waals surface area contributed by atoms with Gasteiger partial charge in [0.2, 0.25) is 0 Å². The van der Waals surface area contributed by atoms with E-state index in [0.29, 0.717) is 11.1 Å². The van der Waals surface area contributed by atoms with Crippen molar-refractivity contribution in [2.45, 2.75) is 0 Å². The van der Waals surface area contributed by atoms with Crippen LogP contribution in [0.4, 0.5) is 0 Å². The van der Waals surface area contributed by atoms with Gasteiger partial charge in [-0.1, -0.05) is 6.07 Å². The van der Waals surface area contributed by atoms with Crippen LogP contribution in [-0.4, -0.2) is 4.98 Å². The van der Waals surface area contributed by atoms with E-state index in [9.17, 15) is 0 Å². The molecule has 1 radical (unpaired) electrons. The van der Waals surface area contributed by atoms with Crippen molar-refractivity contribution < 1.29 is 0 Å². The number of rotatable bonds is 1. The van der Waals surface area contributed by atoms with Gasteiger partial charge in [0, 0.05) is 10.9 Å². The Morgan fingerprint density at radius 1 is 1.20 bits per heavy atom. The van der Waals surface area contributed by atoms with E-state index >= 15 is 0 Å². The van der Waals surface area contributed by atoms with E-state index in [4.69, 9.17) is 10.5 Å². The minimum Gasteiger partial charge on any atom is -0.234 e. The van der Waals surface area contributed by atoms with Crippen LogP contribution in [0.15, 0.2) is 23.6 Å². The predicted molar refractivity (Wildman–Crippen MR) is 55.8 cm³/mol. The normalized spacial score (nSPS) is 9.20. The van der Waals surface area contributed by atoms with Crippen LogP contribution >= 0.6 is 11.3 Å². The lowest BCUT2D eigenvalue weighted by Crippen LogP contribution is -1.85. The summed E-state index contributed by atoms with van der Waals surface area (Å²) in [4.78, 5) is 4.02. The van der Waals surface area contributed by atoms with Crippen molar-refractivity contribution in [3.63, 3.8) is 0 Å². The molecule has 0 spiro atoms. The first-order valence-corrected chi connectivity index (χ1v) is 4.99. The highest BCUT2D eigenvalue weighted by atomic mass is 32.1. The summed E-state index contributed by atoms with van der Waals surface area (Å²) in [6, 6.07) is 9.05. The van der Waals surface area contributed by atoms with Gasteiger partial charge in [-0.05, 0) is 12.1 Å². The molecular weight excluding hydrogens is 206 g/mol. The fraction of sp³-hybridized carbons (Fsp3) is 0. The summed E-state index contributed by atoms with van der Waals surface area (Å²) < 4.78 is 0. The summed E-state index contributed by atoms with van der Waals surface area (Å²) >= 11 is 1.45. The van der Waals surface area contributed by atoms with Gasteiger partial charge < -0.3 is 0 Å². The fourth-order valence-electron chi connectivity index (χ4n) is 1.19. The van der Waals surface area contributed by atoms with E-state index in [1.54, 1.807) is 23.6 Å². The molecule has 0 N–H and O–H groups in total. The second-order valence-corrected chi connectivity index (χ2v) is 3.62. The van der Waals surface area contributed by atoms with Crippen LogP contribution in [-0.2, 0) is 0 Å². The first-order valence-electron chi connectivity index (χ1n) is 4.11. The minimum atomic E-state index is 0.380. The number of benzene rings is 1. The number of aromatic nitrogens is 1. The van der Waals surface area contributed by atoms with E-state index in [-0.39, 0.29) is 0 Å². The lowest BCUT2D eigenvalue weighted by molar-refractivity contribution is 1.38. The maximum absolute atomic E-state index is 8.85. The molecule has 2 rings (SSSR count). The molecule has 0 bridgehead atoms. The standard InChI is InChI=1S/C11H4N3S/c12-6-9-2-1-8(5-10(9)7-13)11-14-3-4-15-11/h1-2,4-5H. The van der Waals surface area contributed by atoms with Crippen LogP contribution in [0.5, 0.6) is 0 Å². The van der Waals surface area contributed by atoms with Crippen molar-refractivity contribution in [1.82, 2.24) is 4.98 Å². The van der Waals surface area contributed by atoms with Gasteiger partial charge in [0.05, 0.1) is 11.1 Å². The number of thiazole rings is 1. The first kappa shape index (κ1) is 9.39. The zero-order valence-electron chi connectivity index (χ0n) is 7.56. The van der Waals surface area contributed by atoms with Gasteiger partial charge in [0.15, 0.2) is 0 Å². The van der Waals surface area contributed by atoms with Gasteiger partial charge >= 0.3 is 0 Å². The summed E-state index contributed by atoms with van der Waals surface area (Å²) in [5.41, 5.74) is 1.61. The minimum absolute atomic E-state index is 0.380. The SMILES string of the molecule is N#Cc1ccc(-c2n[c]cs2)cc1C#N. The Morgan fingerprint density at radius 3 is 2.60 bits per heavy atom. The maximum Gasteiger partial charge on any atom is 0.124 e. The molecule has 0 amide bonds.